The number of ether oxygens (including phenoxy) is 2. The topological polar surface area (TPSA) is 67.8 Å². The fourth-order valence-electron chi connectivity index (χ4n) is 1.11. The lowest BCUT2D eigenvalue weighted by Gasteiger charge is -2.21. The number of hydrogen-bond donors (Lipinski definition) is 2. The summed E-state index contributed by atoms with van der Waals surface area (Å²) < 4.78 is 10.2. The van der Waals surface area contributed by atoms with Gasteiger partial charge in [0, 0.05) is 6.07 Å². The van der Waals surface area contributed by atoms with Gasteiger partial charge < -0.3 is 14.6 Å². The van der Waals surface area contributed by atoms with Crippen LogP contribution < -0.4 is 10.1 Å². The molecule has 5 nitrogen and oxygen atoms in total. The zero-order valence-corrected chi connectivity index (χ0v) is 11.2. The van der Waals surface area contributed by atoms with Gasteiger partial charge in [-0.3, -0.25) is 5.32 Å². The standard InChI is InChI=1S/C12H16ClNO4/c1-12(2,3)18-11(16)14-10(13)17-9-6-4-5-8(15)7-9/h4-7,10,15H,1-3H3,(H,14,16). The molecule has 0 aromatic heterocycles. The van der Waals surface area contributed by atoms with Crippen LogP contribution in [0, 0.1) is 0 Å². The Balaban J connectivity index is 2.47. The fraction of sp³-hybridized carbons (Fsp3) is 0.417. The minimum absolute atomic E-state index is 0.0497. The van der Waals surface area contributed by atoms with Gasteiger partial charge in [-0.15, -0.1) is 0 Å². The van der Waals surface area contributed by atoms with Crippen molar-refractivity contribution in [3.8, 4) is 11.5 Å². The van der Waals surface area contributed by atoms with Crippen LogP contribution in [-0.4, -0.2) is 22.5 Å². The van der Waals surface area contributed by atoms with Gasteiger partial charge in [-0.1, -0.05) is 17.7 Å². The predicted molar refractivity (Wildman–Crippen MR) is 67.7 cm³/mol. The third-order valence-corrected chi connectivity index (χ3v) is 1.89. The molecular weight excluding hydrogens is 258 g/mol. The number of aromatic hydroxyl groups is 1. The third kappa shape index (κ3) is 5.63. The molecule has 0 heterocycles. The molecule has 1 unspecified atom stereocenters. The molecule has 18 heavy (non-hydrogen) atoms. The molecule has 6 heteroatoms. The monoisotopic (exact) mass is 273 g/mol. The Morgan fingerprint density at radius 1 is 1.44 bits per heavy atom. The third-order valence-electron chi connectivity index (χ3n) is 1.69. The molecule has 1 aromatic rings. The maximum atomic E-state index is 11.4. The van der Waals surface area contributed by atoms with E-state index in [4.69, 9.17) is 21.1 Å². The molecule has 0 aliphatic heterocycles. The minimum Gasteiger partial charge on any atom is -0.508 e. The van der Waals surface area contributed by atoms with E-state index in [2.05, 4.69) is 5.32 Å². The molecule has 0 radical (unpaired) electrons. The van der Waals surface area contributed by atoms with Crippen LogP contribution in [-0.2, 0) is 4.74 Å². The van der Waals surface area contributed by atoms with Crippen molar-refractivity contribution in [2.45, 2.75) is 32.1 Å². The molecule has 0 saturated carbocycles. The summed E-state index contributed by atoms with van der Waals surface area (Å²) in [4.78, 5) is 11.4. The van der Waals surface area contributed by atoms with E-state index in [0.29, 0.717) is 5.75 Å². The number of nitrogens with one attached hydrogen (secondary N) is 1. The average molecular weight is 274 g/mol. The van der Waals surface area contributed by atoms with Gasteiger partial charge in [-0.2, -0.15) is 0 Å². The molecule has 1 aromatic carbocycles. The number of alkyl carbamates (subject to hydrolysis) is 1. The second-order valence-electron chi connectivity index (χ2n) is 4.58. The molecule has 0 spiro atoms. The Hall–Kier alpha value is -1.62. The number of halogens is 1. The van der Waals surface area contributed by atoms with E-state index in [1.54, 1.807) is 32.9 Å². The van der Waals surface area contributed by atoms with Crippen LogP contribution in [0.25, 0.3) is 0 Å². The summed E-state index contributed by atoms with van der Waals surface area (Å²) in [5, 5.41) is 11.5. The van der Waals surface area contributed by atoms with E-state index in [9.17, 15) is 9.90 Å². The smallest absolute Gasteiger partial charge is 0.411 e. The van der Waals surface area contributed by atoms with Crippen molar-refractivity contribution in [2.75, 3.05) is 0 Å². The number of amides is 1. The summed E-state index contributed by atoms with van der Waals surface area (Å²) in [7, 11) is 0. The maximum Gasteiger partial charge on any atom is 0.411 e. The highest BCUT2D eigenvalue weighted by atomic mass is 35.5. The number of phenols is 1. The lowest BCUT2D eigenvalue weighted by molar-refractivity contribution is 0.0461. The van der Waals surface area contributed by atoms with Crippen molar-refractivity contribution in [3.05, 3.63) is 24.3 Å². The van der Waals surface area contributed by atoms with Gasteiger partial charge in [0.1, 0.15) is 17.1 Å². The lowest BCUT2D eigenvalue weighted by Crippen LogP contribution is -2.39. The van der Waals surface area contributed by atoms with Crippen LogP contribution >= 0.6 is 11.6 Å². The number of benzene rings is 1. The zero-order chi connectivity index (χ0) is 13.8. The summed E-state index contributed by atoms with van der Waals surface area (Å²) in [6.45, 7) is 5.23. The van der Waals surface area contributed by atoms with Crippen molar-refractivity contribution >= 4 is 17.7 Å². The van der Waals surface area contributed by atoms with E-state index < -0.39 is 17.4 Å². The summed E-state index contributed by atoms with van der Waals surface area (Å²) >= 11 is 5.78. The Kier molecular flexibility index (Phi) is 4.67. The van der Waals surface area contributed by atoms with E-state index in [0.717, 1.165) is 0 Å². The molecule has 1 amide bonds. The second-order valence-corrected chi connectivity index (χ2v) is 4.97. The quantitative estimate of drug-likeness (QED) is 0.505. The fourth-order valence-corrected chi connectivity index (χ4v) is 1.30. The first-order valence-electron chi connectivity index (χ1n) is 5.35. The largest absolute Gasteiger partial charge is 0.508 e. The van der Waals surface area contributed by atoms with E-state index in [1.807, 2.05) is 0 Å². The predicted octanol–water partition coefficient (Wildman–Crippen LogP) is 2.82. The number of phenolic OH excluding ortho intramolecular Hbond substituents is 1. The van der Waals surface area contributed by atoms with Gasteiger partial charge >= 0.3 is 6.09 Å². The first-order chi connectivity index (χ1) is 8.26. The van der Waals surface area contributed by atoms with Gasteiger partial charge in [-0.25, -0.2) is 4.79 Å². The Morgan fingerprint density at radius 2 is 2.11 bits per heavy atom. The first kappa shape index (κ1) is 14.4. The van der Waals surface area contributed by atoms with Crippen molar-refractivity contribution in [1.82, 2.24) is 5.32 Å². The minimum atomic E-state index is -1.08. The number of rotatable bonds is 3. The summed E-state index contributed by atoms with van der Waals surface area (Å²) in [6.07, 6.45) is -0.678. The molecule has 0 fully saturated rings. The van der Waals surface area contributed by atoms with E-state index in [-0.39, 0.29) is 5.75 Å². The van der Waals surface area contributed by atoms with Gasteiger partial charge in [0.15, 0.2) is 0 Å². The van der Waals surface area contributed by atoms with Crippen LogP contribution in [0.2, 0.25) is 0 Å². The molecule has 2 N–H and O–H groups in total. The second kappa shape index (κ2) is 5.82. The zero-order valence-electron chi connectivity index (χ0n) is 10.4. The van der Waals surface area contributed by atoms with Crippen LogP contribution in [0.4, 0.5) is 4.79 Å². The molecule has 1 rings (SSSR count). The molecule has 0 aliphatic rings. The number of alkyl halides is 1. The number of carbonyl (C=O) groups excluding carboxylic acids is 1. The average Bonchev–Trinajstić information content (AvgIpc) is 2.13. The molecule has 0 bridgehead atoms. The first-order valence-corrected chi connectivity index (χ1v) is 5.79. The van der Waals surface area contributed by atoms with Crippen LogP contribution in [0.1, 0.15) is 20.8 Å². The van der Waals surface area contributed by atoms with Gasteiger partial charge in [-0.05, 0) is 32.9 Å². The summed E-state index contributed by atoms with van der Waals surface area (Å²) in [5.41, 5.74) is -1.69. The maximum absolute atomic E-state index is 11.4. The van der Waals surface area contributed by atoms with Crippen LogP contribution in [0.5, 0.6) is 11.5 Å². The highest BCUT2D eigenvalue weighted by molar-refractivity contribution is 6.20. The molecule has 1 atom stereocenters. The van der Waals surface area contributed by atoms with Crippen molar-refractivity contribution in [3.63, 3.8) is 0 Å². The highest BCUT2D eigenvalue weighted by Gasteiger charge is 2.19. The number of carbonyl (C=O) groups is 1. The van der Waals surface area contributed by atoms with Crippen molar-refractivity contribution in [1.29, 1.82) is 0 Å². The van der Waals surface area contributed by atoms with Crippen LogP contribution in [0.15, 0.2) is 24.3 Å². The highest BCUT2D eigenvalue weighted by Crippen LogP contribution is 2.19. The Bertz CT molecular complexity index is 417. The van der Waals surface area contributed by atoms with Gasteiger partial charge in [0.25, 0.3) is 5.69 Å². The van der Waals surface area contributed by atoms with Gasteiger partial charge in [0.2, 0.25) is 0 Å². The Labute approximate surface area is 111 Å². The number of hydrogen-bond acceptors (Lipinski definition) is 4. The van der Waals surface area contributed by atoms with E-state index >= 15 is 0 Å². The molecule has 0 aliphatic carbocycles. The normalized spacial score (nSPS) is 12.7. The SMILES string of the molecule is CC(C)(C)OC(=O)NC(Cl)Oc1cccc(O)c1. The van der Waals surface area contributed by atoms with Crippen molar-refractivity contribution in [2.24, 2.45) is 0 Å². The van der Waals surface area contributed by atoms with Crippen LogP contribution in [0.3, 0.4) is 0 Å². The van der Waals surface area contributed by atoms with Gasteiger partial charge in [0.05, 0.1) is 0 Å². The molecular formula is C12H16ClNO4. The van der Waals surface area contributed by atoms with E-state index in [1.165, 1.54) is 12.1 Å². The molecule has 0 saturated heterocycles. The molecule has 100 valence electrons. The Morgan fingerprint density at radius 3 is 2.67 bits per heavy atom. The lowest BCUT2D eigenvalue weighted by atomic mass is 10.2. The summed E-state index contributed by atoms with van der Waals surface area (Å²) in [5.74, 6) is 0.389. The summed E-state index contributed by atoms with van der Waals surface area (Å²) in [6, 6.07) is 6.08. The van der Waals surface area contributed by atoms with Crippen molar-refractivity contribution < 1.29 is 19.4 Å².